The summed E-state index contributed by atoms with van der Waals surface area (Å²) in [6.07, 6.45) is 4.19. The van der Waals surface area contributed by atoms with E-state index in [4.69, 9.17) is 0 Å². The lowest BCUT2D eigenvalue weighted by Crippen LogP contribution is -2.31. The summed E-state index contributed by atoms with van der Waals surface area (Å²) in [6, 6.07) is 0.535. The molecule has 0 aliphatic heterocycles. The molecule has 1 saturated carbocycles. The zero-order valence-corrected chi connectivity index (χ0v) is 11.6. The molecule has 1 unspecified atom stereocenters. The SMILES string of the molecule is CC(C1CC1)N(C)Cc1nc2c(cnn2C)c(=O)[nH]1. The summed E-state index contributed by atoms with van der Waals surface area (Å²) < 4.78 is 1.64. The lowest BCUT2D eigenvalue weighted by molar-refractivity contribution is 0.221. The molecule has 1 atom stereocenters. The second-order valence-electron chi connectivity index (χ2n) is 5.51. The van der Waals surface area contributed by atoms with Gasteiger partial charge in [-0.15, -0.1) is 0 Å². The fraction of sp³-hybridized carbons (Fsp3) is 0.615. The van der Waals surface area contributed by atoms with Gasteiger partial charge in [0.25, 0.3) is 5.56 Å². The van der Waals surface area contributed by atoms with Crippen LogP contribution < -0.4 is 5.56 Å². The van der Waals surface area contributed by atoms with Gasteiger partial charge in [-0.2, -0.15) is 5.10 Å². The van der Waals surface area contributed by atoms with E-state index < -0.39 is 0 Å². The number of nitrogens with one attached hydrogen (secondary N) is 1. The highest BCUT2D eigenvalue weighted by molar-refractivity contribution is 5.72. The maximum atomic E-state index is 11.9. The van der Waals surface area contributed by atoms with Crippen molar-refractivity contribution in [1.82, 2.24) is 24.6 Å². The van der Waals surface area contributed by atoms with Crippen LogP contribution in [-0.2, 0) is 13.6 Å². The maximum absolute atomic E-state index is 11.9. The van der Waals surface area contributed by atoms with Gasteiger partial charge in [-0.05, 0) is 32.7 Å². The number of aromatic nitrogens is 4. The van der Waals surface area contributed by atoms with E-state index in [0.29, 0.717) is 29.4 Å². The smallest absolute Gasteiger partial charge is 0.262 e. The molecule has 3 rings (SSSR count). The first-order chi connectivity index (χ1) is 9.06. The van der Waals surface area contributed by atoms with Gasteiger partial charge in [0.15, 0.2) is 5.65 Å². The van der Waals surface area contributed by atoms with Crippen molar-refractivity contribution in [2.75, 3.05) is 7.05 Å². The van der Waals surface area contributed by atoms with Crippen LogP contribution in [0.25, 0.3) is 11.0 Å². The Morgan fingerprint density at radius 1 is 1.58 bits per heavy atom. The number of H-pyrrole nitrogens is 1. The molecule has 102 valence electrons. The summed E-state index contributed by atoms with van der Waals surface area (Å²) in [4.78, 5) is 21.5. The van der Waals surface area contributed by atoms with Crippen molar-refractivity contribution < 1.29 is 0 Å². The van der Waals surface area contributed by atoms with Gasteiger partial charge >= 0.3 is 0 Å². The largest absolute Gasteiger partial charge is 0.309 e. The first-order valence-electron chi connectivity index (χ1n) is 6.67. The maximum Gasteiger partial charge on any atom is 0.262 e. The second kappa shape index (κ2) is 4.45. The number of hydrogen-bond acceptors (Lipinski definition) is 4. The number of rotatable bonds is 4. The Morgan fingerprint density at radius 2 is 2.32 bits per heavy atom. The molecule has 0 spiro atoms. The van der Waals surface area contributed by atoms with Crippen LogP contribution in [0.1, 0.15) is 25.6 Å². The molecule has 0 amide bonds. The number of fused-ring (bicyclic) bond motifs is 1. The molecule has 0 saturated heterocycles. The Kier molecular flexibility index (Phi) is 2.89. The normalized spacial score (nSPS) is 17.3. The molecule has 1 N–H and O–H groups in total. The number of nitrogens with zero attached hydrogens (tertiary/aromatic N) is 4. The molecule has 6 heteroatoms. The Hall–Kier alpha value is -1.69. The van der Waals surface area contributed by atoms with Gasteiger partial charge in [0.05, 0.1) is 12.7 Å². The predicted octanol–water partition coefficient (Wildman–Crippen LogP) is 0.887. The zero-order chi connectivity index (χ0) is 13.6. The predicted molar refractivity (Wildman–Crippen MR) is 72.8 cm³/mol. The van der Waals surface area contributed by atoms with Crippen molar-refractivity contribution in [1.29, 1.82) is 0 Å². The molecule has 2 aromatic heterocycles. The van der Waals surface area contributed by atoms with E-state index in [0.717, 1.165) is 5.92 Å². The average molecular weight is 261 g/mol. The van der Waals surface area contributed by atoms with Crippen molar-refractivity contribution in [2.45, 2.75) is 32.4 Å². The fourth-order valence-corrected chi connectivity index (χ4v) is 2.47. The van der Waals surface area contributed by atoms with Gasteiger partial charge in [0.2, 0.25) is 0 Å². The van der Waals surface area contributed by atoms with Crippen molar-refractivity contribution >= 4 is 11.0 Å². The third-order valence-electron chi connectivity index (χ3n) is 4.05. The van der Waals surface area contributed by atoms with Crippen molar-refractivity contribution in [3.63, 3.8) is 0 Å². The van der Waals surface area contributed by atoms with E-state index in [-0.39, 0.29) is 5.56 Å². The summed E-state index contributed by atoms with van der Waals surface area (Å²) in [7, 11) is 3.88. The summed E-state index contributed by atoms with van der Waals surface area (Å²) in [6.45, 7) is 2.90. The van der Waals surface area contributed by atoms with Crippen LogP contribution in [-0.4, -0.2) is 37.7 Å². The van der Waals surface area contributed by atoms with E-state index >= 15 is 0 Å². The number of hydrogen-bond donors (Lipinski definition) is 1. The fourth-order valence-electron chi connectivity index (χ4n) is 2.47. The first kappa shape index (κ1) is 12.3. The standard InChI is InChI=1S/C13H19N5O/c1-8(9-4-5-9)17(2)7-11-15-12-10(13(19)16-11)6-14-18(12)3/h6,8-9H,4-5,7H2,1-3H3,(H,15,16,19). The highest BCUT2D eigenvalue weighted by Gasteiger charge is 2.30. The zero-order valence-electron chi connectivity index (χ0n) is 11.6. The minimum atomic E-state index is -0.111. The summed E-state index contributed by atoms with van der Waals surface area (Å²) in [5.74, 6) is 1.51. The molecule has 0 radical (unpaired) electrons. The van der Waals surface area contributed by atoms with Crippen LogP contribution >= 0.6 is 0 Å². The Labute approximate surface area is 111 Å². The quantitative estimate of drug-likeness (QED) is 0.887. The topological polar surface area (TPSA) is 66.8 Å². The van der Waals surface area contributed by atoms with Crippen LogP contribution in [0.5, 0.6) is 0 Å². The molecular weight excluding hydrogens is 242 g/mol. The van der Waals surface area contributed by atoms with Crippen molar-refractivity contribution in [3.8, 4) is 0 Å². The Balaban J connectivity index is 1.88. The van der Waals surface area contributed by atoms with Gasteiger partial charge in [-0.25, -0.2) is 4.98 Å². The molecule has 2 aromatic rings. The molecule has 6 nitrogen and oxygen atoms in total. The number of aryl methyl sites for hydroxylation is 1. The highest BCUT2D eigenvalue weighted by Crippen LogP contribution is 2.34. The second-order valence-corrected chi connectivity index (χ2v) is 5.51. The van der Waals surface area contributed by atoms with Crippen LogP contribution in [0.3, 0.4) is 0 Å². The molecule has 2 heterocycles. The Bertz CT molecular complexity index is 655. The van der Waals surface area contributed by atoms with Crippen LogP contribution in [0.2, 0.25) is 0 Å². The lowest BCUT2D eigenvalue weighted by atomic mass is 10.2. The molecule has 1 fully saturated rings. The van der Waals surface area contributed by atoms with Gasteiger partial charge in [-0.1, -0.05) is 0 Å². The molecular formula is C13H19N5O. The lowest BCUT2D eigenvalue weighted by Gasteiger charge is -2.23. The molecule has 19 heavy (non-hydrogen) atoms. The van der Waals surface area contributed by atoms with Gasteiger partial charge in [0, 0.05) is 13.1 Å². The van der Waals surface area contributed by atoms with Crippen LogP contribution in [0.15, 0.2) is 11.0 Å². The first-order valence-corrected chi connectivity index (χ1v) is 6.67. The van der Waals surface area contributed by atoms with Crippen LogP contribution in [0.4, 0.5) is 0 Å². The molecule has 0 bridgehead atoms. The summed E-state index contributed by atoms with van der Waals surface area (Å²) >= 11 is 0. The monoisotopic (exact) mass is 261 g/mol. The van der Waals surface area contributed by atoms with E-state index in [1.165, 1.54) is 12.8 Å². The van der Waals surface area contributed by atoms with Crippen molar-refractivity contribution in [3.05, 3.63) is 22.4 Å². The molecule has 0 aromatic carbocycles. The minimum Gasteiger partial charge on any atom is -0.309 e. The number of aromatic amines is 1. The summed E-state index contributed by atoms with van der Waals surface area (Å²) in [5.41, 5.74) is 0.534. The van der Waals surface area contributed by atoms with Gasteiger partial charge in [-0.3, -0.25) is 14.4 Å². The van der Waals surface area contributed by atoms with E-state index in [1.807, 2.05) is 0 Å². The van der Waals surface area contributed by atoms with Gasteiger partial charge < -0.3 is 4.98 Å². The molecule has 1 aliphatic rings. The average Bonchev–Trinajstić information content (AvgIpc) is 3.14. The highest BCUT2D eigenvalue weighted by atomic mass is 16.1. The third-order valence-corrected chi connectivity index (χ3v) is 4.05. The molecule has 1 aliphatic carbocycles. The third kappa shape index (κ3) is 2.28. The van der Waals surface area contributed by atoms with Crippen molar-refractivity contribution in [2.24, 2.45) is 13.0 Å². The van der Waals surface area contributed by atoms with E-state index in [2.05, 4.69) is 33.9 Å². The minimum absolute atomic E-state index is 0.111. The summed E-state index contributed by atoms with van der Waals surface area (Å²) in [5, 5.41) is 4.62. The van der Waals surface area contributed by atoms with E-state index in [1.54, 1.807) is 17.9 Å². The van der Waals surface area contributed by atoms with Gasteiger partial charge in [0.1, 0.15) is 11.2 Å². The Morgan fingerprint density at radius 3 is 3.00 bits per heavy atom. The van der Waals surface area contributed by atoms with E-state index in [9.17, 15) is 4.79 Å². The van der Waals surface area contributed by atoms with Crippen LogP contribution in [0, 0.1) is 5.92 Å².